The SMILES string of the molecule is CCOC(=O)c1c(NC(=O)c2sc3nc(-c4ccccc4)cc(-c4ccc(OC)cc4)c3c2N)sc2c1CCC(C)C2. The van der Waals surface area contributed by atoms with Crippen LogP contribution in [0.2, 0.25) is 0 Å². The number of fused-ring (bicyclic) bond motifs is 2. The Morgan fingerprint density at radius 1 is 1.07 bits per heavy atom. The van der Waals surface area contributed by atoms with Crippen LogP contribution in [0.1, 0.15) is 50.7 Å². The van der Waals surface area contributed by atoms with Gasteiger partial charge in [0.1, 0.15) is 20.5 Å². The summed E-state index contributed by atoms with van der Waals surface area (Å²) in [5.41, 5.74) is 12.1. The maximum atomic E-state index is 13.8. The van der Waals surface area contributed by atoms with Crippen LogP contribution in [-0.2, 0) is 17.6 Å². The lowest BCUT2D eigenvalue weighted by atomic mass is 9.88. The smallest absolute Gasteiger partial charge is 0.341 e. The average Bonchev–Trinajstić information content (AvgIpc) is 3.53. The van der Waals surface area contributed by atoms with Gasteiger partial charge in [-0.1, -0.05) is 49.4 Å². The highest BCUT2D eigenvalue weighted by molar-refractivity contribution is 7.21. The third kappa shape index (κ3) is 5.14. The molecule has 0 spiro atoms. The number of esters is 1. The number of ether oxygens (including phenoxy) is 2. The Labute approximate surface area is 252 Å². The third-order valence-electron chi connectivity index (χ3n) is 7.59. The van der Waals surface area contributed by atoms with Gasteiger partial charge in [-0.15, -0.1) is 22.7 Å². The molecule has 1 amide bonds. The van der Waals surface area contributed by atoms with E-state index in [1.165, 1.54) is 22.7 Å². The number of hydrogen-bond donors (Lipinski definition) is 2. The Hall–Kier alpha value is -4.21. The van der Waals surface area contributed by atoms with Crippen LogP contribution >= 0.6 is 22.7 Å². The van der Waals surface area contributed by atoms with E-state index in [0.29, 0.717) is 31.9 Å². The number of methoxy groups -OCH3 is 1. The van der Waals surface area contributed by atoms with Crippen LogP contribution in [-0.4, -0.2) is 30.6 Å². The second-order valence-electron chi connectivity index (χ2n) is 10.4. The van der Waals surface area contributed by atoms with Crippen molar-refractivity contribution in [3.63, 3.8) is 0 Å². The van der Waals surface area contributed by atoms with E-state index in [2.05, 4.69) is 12.2 Å². The summed E-state index contributed by atoms with van der Waals surface area (Å²) >= 11 is 2.71. The number of nitrogens with two attached hydrogens (primary N) is 1. The Kier molecular flexibility index (Phi) is 7.70. The quantitative estimate of drug-likeness (QED) is 0.185. The molecule has 1 unspecified atom stereocenters. The third-order valence-corrected chi connectivity index (χ3v) is 9.86. The molecular formula is C33H31N3O4S2. The molecule has 0 bridgehead atoms. The number of nitrogens with one attached hydrogen (secondary N) is 1. The van der Waals surface area contributed by atoms with Crippen molar-refractivity contribution in [2.75, 3.05) is 24.8 Å². The number of nitrogen functional groups attached to an aromatic ring is 1. The molecule has 2 aromatic carbocycles. The summed E-state index contributed by atoms with van der Waals surface area (Å²) < 4.78 is 10.8. The zero-order valence-electron chi connectivity index (χ0n) is 23.7. The summed E-state index contributed by atoms with van der Waals surface area (Å²) in [5, 5.41) is 4.26. The molecule has 3 N–H and O–H groups in total. The number of pyridine rings is 1. The van der Waals surface area contributed by atoms with Crippen molar-refractivity contribution in [2.45, 2.75) is 33.1 Å². The lowest BCUT2D eigenvalue weighted by Gasteiger charge is -2.18. The van der Waals surface area contributed by atoms with Crippen molar-refractivity contribution in [3.05, 3.63) is 81.5 Å². The molecule has 0 saturated heterocycles. The summed E-state index contributed by atoms with van der Waals surface area (Å²) in [6.07, 6.45) is 2.67. The predicted molar refractivity (Wildman–Crippen MR) is 171 cm³/mol. The predicted octanol–water partition coefficient (Wildman–Crippen LogP) is 7.84. The van der Waals surface area contributed by atoms with E-state index in [1.54, 1.807) is 14.0 Å². The van der Waals surface area contributed by atoms with Crippen molar-refractivity contribution >= 4 is 55.5 Å². The zero-order valence-corrected chi connectivity index (χ0v) is 25.3. The first-order valence-electron chi connectivity index (χ1n) is 13.9. The van der Waals surface area contributed by atoms with Crippen LogP contribution in [0.3, 0.4) is 0 Å². The number of hydrogen-bond acceptors (Lipinski definition) is 8. The molecule has 1 atom stereocenters. The Morgan fingerprint density at radius 2 is 1.83 bits per heavy atom. The van der Waals surface area contributed by atoms with Crippen molar-refractivity contribution < 1.29 is 19.1 Å². The van der Waals surface area contributed by atoms with Gasteiger partial charge in [0, 0.05) is 15.8 Å². The Morgan fingerprint density at radius 3 is 2.55 bits per heavy atom. The first kappa shape index (κ1) is 27.9. The summed E-state index contributed by atoms with van der Waals surface area (Å²) in [6.45, 7) is 4.26. The minimum atomic E-state index is -0.403. The number of aromatic nitrogens is 1. The number of anilines is 2. The molecule has 9 heteroatoms. The van der Waals surface area contributed by atoms with Crippen LogP contribution in [0.25, 0.3) is 32.6 Å². The van der Waals surface area contributed by atoms with Crippen LogP contribution in [0.5, 0.6) is 5.75 Å². The molecule has 3 heterocycles. The van der Waals surface area contributed by atoms with Gasteiger partial charge in [-0.2, -0.15) is 0 Å². The molecule has 3 aromatic heterocycles. The second kappa shape index (κ2) is 11.6. The molecule has 7 nitrogen and oxygen atoms in total. The van der Waals surface area contributed by atoms with Gasteiger partial charge in [-0.3, -0.25) is 4.79 Å². The van der Waals surface area contributed by atoms with E-state index >= 15 is 0 Å². The maximum Gasteiger partial charge on any atom is 0.341 e. The highest BCUT2D eigenvalue weighted by atomic mass is 32.1. The van der Waals surface area contributed by atoms with Gasteiger partial charge < -0.3 is 20.5 Å². The lowest BCUT2D eigenvalue weighted by Crippen LogP contribution is -2.16. The average molecular weight is 598 g/mol. The standard InChI is InChI=1S/C33H31N3O4S2/c1-4-40-33(38)27-22-15-10-18(2)16-25(22)41-32(27)36-30(37)29-28(34)26-23(19-11-13-21(39-3)14-12-19)17-24(35-31(26)42-29)20-8-6-5-7-9-20/h5-9,11-14,17-18H,4,10,15-16,34H2,1-3H3,(H,36,37). The monoisotopic (exact) mass is 597 g/mol. The van der Waals surface area contributed by atoms with Gasteiger partial charge in [-0.05, 0) is 67.0 Å². The highest BCUT2D eigenvalue weighted by Gasteiger charge is 2.30. The van der Waals surface area contributed by atoms with Crippen molar-refractivity contribution in [2.24, 2.45) is 5.92 Å². The maximum absolute atomic E-state index is 13.8. The lowest BCUT2D eigenvalue weighted by molar-refractivity contribution is 0.0526. The second-order valence-corrected chi connectivity index (χ2v) is 12.5. The summed E-state index contributed by atoms with van der Waals surface area (Å²) in [5.74, 6) is 0.500. The summed E-state index contributed by atoms with van der Waals surface area (Å²) in [4.78, 5) is 33.9. The van der Waals surface area contributed by atoms with Gasteiger partial charge in [0.25, 0.3) is 5.91 Å². The molecule has 0 radical (unpaired) electrons. The van der Waals surface area contributed by atoms with E-state index < -0.39 is 5.97 Å². The van der Waals surface area contributed by atoms with E-state index in [4.69, 9.17) is 20.2 Å². The summed E-state index contributed by atoms with van der Waals surface area (Å²) in [6, 6.07) is 19.7. The van der Waals surface area contributed by atoms with Crippen LogP contribution < -0.4 is 15.8 Å². The molecule has 0 saturated carbocycles. The number of benzene rings is 2. The van der Waals surface area contributed by atoms with E-state index in [1.807, 2.05) is 60.7 Å². The largest absolute Gasteiger partial charge is 0.497 e. The van der Waals surface area contributed by atoms with E-state index in [9.17, 15) is 9.59 Å². The fourth-order valence-electron chi connectivity index (χ4n) is 5.46. The molecule has 214 valence electrons. The van der Waals surface area contributed by atoms with E-state index in [0.717, 1.165) is 63.2 Å². The van der Waals surface area contributed by atoms with Crippen LogP contribution in [0, 0.1) is 5.92 Å². The normalized spacial score (nSPS) is 14.4. The van der Waals surface area contributed by atoms with Gasteiger partial charge in [-0.25, -0.2) is 9.78 Å². The number of thiophene rings is 2. The number of carbonyl (C=O) groups excluding carboxylic acids is 2. The van der Waals surface area contributed by atoms with Gasteiger partial charge in [0.05, 0.1) is 30.7 Å². The molecule has 0 fully saturated rings. The van der Waals surface area contributed by atoms with Gasteiger partial charge >= 0.3 is 5.97 Å². The topological polar surface area (TPSA) is 104 Å². The highest BCUT2D eigenvalue weighted by Crippen LogP contribution is 2.44. The fourth-order valence-corrected chi connectivity index (χ4v) is 7.87. The Bertz CT molecular complexity index is 1790. The zero-order chi connectivity index (χ0) is 29.4. The number of nitrogens with zero attached hydrogens (tertiary/aromatic N) is 1. The minimum absolute atomic E-state index is 0.264. The molecule has 6 rings (SSSR count). The van der Waals surface area contributed by atoms with Crippen LogP contribution in [0.4, 0.5) is 10.7 Å². The van der Waals surface area contributed by atoms with E-state index in [-0.39, 0.29) is 12.5 Å². The molecule has 0 aliphatic heterocycles. The molecule has 1 aliphatic rings. The number of carbonyl (C=O) groups is 2. The fraction of sp³-hybridized carbons (Fsp3) is 0.242. The minimum Gasteiger partial charge on any atom is -0.497 e. The van der Waals surface area contributed by atoms with Crippen molar-refractivity contribution in [1.29, 1.82) is 0 Å². The van der Waals surface area contributed by atoms with Crippen LogP contribution in [0.15, 0.2) is 60.7 Å². The van der Waals surface area contributed by atoms with Gasteiger partial charge in [0.2, 0.25) is 0 Å². The summed E-state index contributed by atoms with van der Waals surface area (Å²) in [7, 11) is 1.63. The first-order valence-corrected chi connectivity index (χ1v) is 15.6. The van der Waals surface area contributed by atoms with Crippen molar-refractivity contribution in [3.8, 4) is 28.1 Å². The number of amides is 1. The van der Waals surface area contributed by atoms with Crippen molar-refractivity contribution in [1.82, 2.24) is 4.98 Å². The van der Waals surface area contributed by atoms with Gasteiger partial charge in [0.15, 0.2) is 0 Å². The molecule has 1 aliphatic carbocycles. The molecular weight excluding hydrogens is 567 g/mol. The molecule has 5 aromatic rings. The molecule has 42 heavy (non-hydrogen) atoms. The Balaban J connectivity index is 1.45. The number of rotatable bonds is 7. The first-order chi connectivity index (χ1) is 20.4.